The molecule has 3 N–H and O–H groups in total. The number of nitrogen functional groups attached to an aromatic ring is 1. The number of carboxylic acids is 1. The number of halogens is 1. The summed E-state index contributed by atoms with van der Waals surface area (Å²) < 4.78 is 14.5. The number of imidazole rings is 1. The average Bonchev–Trinajstić information content (AvgIpc) is 2.78. The van der Waals surface area contributed by atoms with Gasteiger partial charge in [-0.3, -0.25) is 4.40 Å². The van der Waals surface area contributed by atoms with E-state index in [1.54, 1.807) is 24.3 Å². The molecule has 3 aromatic rings. The first-order valence-electron chi connectivity index (χ1n) is 5.83. The lowest BCUT2D eigenvalue weighted by Gasteiger charge is -2.01. The molecule has 0 unspecified atom stereocenters. The number of aromatic carboxylic acids is 1. The third kappa shape index (κ3) is 1.87. The fourth-order valence-corrected chi connectivity index (χ4v) is 2.07. The molecule has 0 aliphatic carbocycles. The molecule has 6 heteroatoms. The molecule has 3 rings (SSSR count). The lowest BCUT2D eigenvalue weighted by Crippen LogP contribution is -2.04. The Morgan fingerprint density at radius 1 is 1.20 bits per heavy atom. The van der Waals surface area contributed by atoms with Gasteiger partial charge in [0.05, 0.1) is 0 Å². The molecule has 0 amide bonds. The summed E-state index contributed by atoms with van der Waals surface area (Å²) in [7, 11) is 0. The topological polar surface area (TPSA) is 80.6 Å². The summed E-state index contributed by atoms with van der Waals surface area (Å²) >= 11 is 0. The van der Waals surface area contributed by atoms with Crippen molar-refractivity contribution in [3.05, 3.63) is 54.1 Å². The Morgan fingerprint density at radius 3 is 2.55 bits per heavy atom. The van der Waals surface area contributed by atoms with Crippen LogP contribution in [0.15, 0.2) is 42.6 Å². The van der Waals surface area contributed by atoms with E-state index in [9.17, 15) is 14.3 Å². The third-order valence-corrected chi connectivity index (χ3v) is 2.97. The van der Waals surface area contributed by atoms with Gasteiger partial charge in [-0.15, -0.1) is 0 Å². The van der Waals surface area contributed by atoms with E-state index >= 15 is 0 Å². The summed E-state index contributed by atoms with van der Waals surface area (Å²) in [6.45, 7) is 0. The van der Waals surface area contributed by atoms with Gasteiger partial charge < -0.3 is 10.8 Å². The van der Waals surface area contributed by atoms with Crippen LogP contribution in [0.4, 0.5) is 10.1 Å². The summed E-state index contributed by atoms with van der Waals surface area (Å²) in [5.74, 6) is -1.70. The van der Waals surface area contributed by atoms with Crippen LogP contribution < -0.4 is 5.73 Å². The van der Waals surface area contributed by atoms with Crippen LogP contribution in [0.2, 0.25) is 0 Å². The van der Waals surface area contributed by atoms with E-state index in [-0.39, 0.29) is 11.4 Å². The number of fused-ring (bicyclic) bond motifs is 1. The number of rotatable bonds is 2. The van der Waals surface area contributed by atoms with Gasteiger partial charge in [-0.25, -0.2) is 14.2 Å². The van der Waals surface area contributed by atoms with E-state index in [0.29, 0.717) is 16.9 Å². The summed E-state index contributed by atoms with van der Waals surface area (Å²) in [4.78, 5) is 15.7. The second-order valence-corrected chi connectivity index (χ2v) is 4.31. The molecule has 0 aliphatic heterocycles. The molecular weight excluding hydrogens is 261 g/mol. The number of pyridine rings is 1. The van der Waals surface area contributed by atoms with Crippen molar-refractivity contribution >= 4 is 17.3 Å². The predicted octanol–water partition coefficient (Wildman–Crippen LogP) is 2.42. The highest BCUT2D eigenvalue weighted by atomic mass is 19.1. The van der Waals surface area contributed by atoms with Crippen LogP contribution in [0.1, 0.15) is 10.5 Å². The monoisotopic (exact) mass is 271 g/mol. The third-order valence-electron chi connectivity index (χ3n) is 2.97. The highest BCUT2D eigenvalue weighted by Gasteiger charge is 2.20. The van der Waals surface area contributed by atoms with Crippen molar-refractivity contribution in [2.45, 2.75) is 0 Å². The molecule has 0 aliphatic rings. The van der Waals surface area contributed by atoms with Crippen molar-refractivity contribution in [2.75, 3.05) is 5.73 Å². The molecule has 0 spiro atoms. The van der Waals surface area contributed by atoms with Crippen molar-refractivity contribution in [1.29, 1.82) is 0 Å². The second kappa shape index (κ2) is 4.34. The predicted molar refractivity (Wildman–Crippen MR) is 72.0 cm³/mol. The summed E-state index contributed by atoms with van der Waals surface area (Å²) in [6.07, 6.45) is 1.10. The summed E-state index contributed by atoms with van der Waals surface area (Å²) in [6, 6.07) is 9.35. The molecule has 0 bridgehead atoms. The van der Waals surface area contributed by atoms with Crippen molar-refractivity contribution in [3.8, 4) is 11.3 Å². The van der Waals surface area contributed by atoms with Crippen LogP contribution in [0, 0.1) is 5.82 Å². The minimum atomic E-state index is -1.17. The van der Waals surface area contributed by atoms with Crippen LogP contribution in [-0.2, 0) is 0 Å². The van der Waals surface area contributed by atoms with E-state index in [1.165, 1.54) is 16.5 Å². The Bertz CT molecular complexity index is 809. The summed E-state index contributed by atoms with van der Waals surface area (Å²) in [5, 5.41) is 9.35. The zero-order valence-electron chi connectivity index (χ0n) is 10.2. The van der Waals surface area contributed by atoms with Crippen LogP contribution >= 0.6 is 0 Å². The maximum absolute atomic E-state index is 13.3. The van der Waals surface area contributed by atoms with Gasteiger partial charge in [0, 0.05) is 17.4 Å². The SMILES string of the molecule is Nc1ccc(-c2nc3ccc(F)cn3c2C(=O)O)cc1. The number of hydrogen-bond acceptors (Lipinski definition) is 3. The lowest BCUT2D eigenvalue weighted by atomic mass is 10.1. The van der Waals surface area contributed by atoms with Crippen molar-refractivity contribution < 1.29 is 14.3 Å². The largest absolute Gasteiger partial charge is 0.476 e. The van der Waals surface area contributed by atoms with E-state index in [2.05, 4.69) is 4.98 Å². The zero-order chi connectivity index (χ0) is 14.3. The number of hydrogen-bond donors (Lipinski definition) is 2. The van der Waals surface area contributed by atoms with Crippen molar-refractivity contribution in [1.82, 2.24) is 9.38 Å². The fraction of sp³-hybridized carbons (Fsp3) is 0. The lowest BCUT2D eigenvalue weighted by molar-refractivity contribution is 0.0690. The Hall–Kier alpha value is -2.89. The van der Waals surface area contributed by atoms with Crippen molar-refractivity contribution in [3.63, 3.8) is 0 Å². The van der Waals surface area contributed by atoms with E-state index in [0.717, 1.165) is 6.20 Å². The molecule has 1 aromatic carbocycles. The highest BCUT2D eigenvalue weighted by molar-refractivity contribution is 5.94. The Morgan fingerprint density at radius 2 is 1.90 bits per heavy atom. The van der Waals surface area contributed by atoms with E-state index in [4.69, 9.17) is 5.73 Å². The fourth-order valence-electron chi connectivity index (χ4n) is 2.07. The van der Waals surface area contributed by atoms with E-state index < -0.39 is 11.8 Å². The molecule has 100 valence electrons. The van der Waals surface area contributed by atoms with Gasteiger partial charge in [0.15, 0.2) is 5.69 Å². The van der Waals surface area contributed by atoms with Crippen LogP contribution in [0.25, 0.3) is 16.9 Å². The minimum absolute atomic E-state index is 0.0794. The van der Waals surface area contributed by atoms with Gasteiger partial charge in [-0.05, 0) is 24.3 Å². The standard InChI is InChI=1S/C14H10FN3O2/c15-9-3-6-11-17-12(8-1-4-10(16)5-2-8)13(14(19)20)18(11)7-9/h1-7H,16H2,(H,19,20). The maximum atomic E-state index is 13.3. The minimum Gasteiger partial charge on any atom is -0.476 e. The first-order chi connectivity index (χ1) is 9.56. The van der Waals surface area contributed by atoms with Crippen molar-refractivity contribution in [2.24, 2.45) is 0 Å². The molecule has 0 atom stereocenters. The molecule has 0 radical (unpaired) electrons. The van der Waals surface area contributed by atoms with Gasteiger partial charge in [0.2, 0.25) is 0 Å². The number of anilines is 1. The van der Waals surface area contributed by atoms with Crippen LogP contribution in [-0.4, -0.2) is 20.5 Å². The van der Waals surface area contributed by atoms with E-state index in [1.807, 2.05) is 0 Å². The van der Waals surface area contributed by atoms with Crippen LogP contribution in [0.3, 0.4) is 0 Å². The van der Waals surface area contributed by atoms with Gasteiger partial charge in [0.25, 0.3) is 0 Å². The van der Waals surface area contributed by atoms with Gasteiger partial charge in [0.1, 0.15) is 17.2 Å². The molecule has 0 saturated heterocycles. The van der Waals surface area contributed by atoms with Gasteiger partial charge in [-0.1, -0.05) is 12.1 Å². The molecule has 0 saturated carbocycles. The Balaban J connectivity index is 2.32. The number of aromatic nitrogens is 2. The molecule has 2 aromatic heterocycles. The Kier molecular flexibility index (Phi) is 2.64. The normalized spacial score (nSPS) is 10.8. The first kappa shape index (κ1) is 12.2. The molecule has 20 heavy (non-hydrogen) atoms. The number of carboxylic acid groups (broad SMARTS) is 1. The number of benzene rings is 1. The highest BCUT2D eigenvalue weighted by Crippen LogP contribution is 2.25. The van der Waals surface area contributed by atoms with Gasteiger partial charge in [-0.2, -0.15) is 0 Å². The first-order valence-corrected chi connectivity index (χ1v) is 5.83. The zero-order valence-corrected chi connectivity index (χ0v) is 10.2. The smallest absolute Gasteiger partial charge is 0.355 e. The molecule has 0 fully saturated rings. The summed E-state index contributed by atoms with van der Waals surface area (Å²) in [5.41, 5.74) is 7.36. The quantitative estimate of drug-likeness (QED) is 0.701. The molecule has 5 nitrogen and oxygen atoms in total. The van der Waals surface area contributed by atoms with Crippen LogP contribution in [0.5, 0.6) is 0 Å². The number of nitrogens with two attached hydrogens (primary N) is 1. The second-order valence-electron chi connectivity index (χ2n) is 4.31. The number of carbonyl (C=O) groups is 1. The Labute approximate surface area is 113 Å². The molecule has 2 heterocycles. The number of nitrogens with zero attached hydrogens (tertiary/aromatic N) is 2. The van der Waals surface area contributed by atoms with Gasteiger partial charge >= 0.3 is 5.97 Å². The maximum Gasteiger partial charge on any atom is 0.355 e. The molecular formula is C14H10FN3O2. The average molecular weight is 271 g/mol.